The number of hydrogen-bond acceptors (Lipinski definition) is 2. The van der Waals surface area contributed by atoms with E-state index in [1.165, 1.54) is 36.9 Å². The maximum atomic E-state index is 6.45. The zero-order chi connectivity index (χ0) is 11.6. The first-order valence-corrected chi connectivity index (χ1v) is 6.22. The molecule has 1 aromatic rings. The van der Waals surface area contributed by atoms with Gasteiger partial charge in [0, 0.05) is 27.6 Å². The quantitative estimate of drug-likeness (QED) is 0.801. The van der Waals surface area contributed by atoms with Gasteiger partial charge in [0.2, 0.25) is 0 Å². The average molecular weight is 219 g/mol. The second-order valence-electron chi connectivity index (χ2n) is 6.65. The Morgan fingerprint density at radius 1 is 1.25 bits per heavy atom. The molecule has 1 heterocycles. The Morgan fingerprint density at radius 2 is 1.88 bits per heavy atom. The molecule has 3 N–H and O–H groups in total. The van der Waals surface area contributed by atoms with Crippen LogP contribution in [-0.2, 0) is 10.8 Å². The van der Waals surface area contributed by atoms with Crippen LogP contribution in [0.5, 0.6) is 0 Å². The van der Waals surface area contributed by atoms with Crippen molar-refractivity contribution >= 4 is 0 Å². The molecule has 3 rings (SSSR count). The van der Waals surface area contributed by atoms with Crippen LogP contribution in [-0.4, -0.2) is 15.7 Å². The molecule has 1 aromatic heterocycles. The van der Waals surface area contributed by atoms with Gasteiger partial charge in [-0.15, -0.1) is 0 Å². The smallest absolute Gasteiger partial charge is 0.0528 e. The summed E-state index contributed by atoms with van der Waals surface area (Å²) in [6.45, 7) is 6.70. The zero-order valence-corrected chi connectivity index (χ0v) is 10.4. The highest BCUT2D eigenvalue weighted by Gasteiger charge is 2.65. The molecule has 0 radical (unpaired) electrons. The van der Waals surface area contributed by atoms with Gasteiger partial charge in [0.1, 0.15) is 0 Å². The molecule has 2 aliphatic rings. The number of aromatic nitrogens is 2. The molecule has 0 aliphatic heterocycles. The predicted molar refractivity (Wildman–Crippen MR) is 64.4 cm³/mol. The Labute approximate surface area is 96.8 Å². The van der Waals surface area contributed by atoms with Crippen molar-refractivity contribution in [3.05, 3.63) is 17.5 Å². The van der Waals surface area contributed by atoms with E-state index in [2.05, 4.69) is 31.0 Å². The molecule has 0 spiro atoms. The van der Waals surface area contributed by atoms with E-state index in [-0.39, 0.29) is 16.4 Å². The first-order chi connectivity index (χ1) is 7.39. The molecule has 0 saturated heterocycles. The number of nitrogens with zero attached hydrogens (tertiary/aromatic N) is 1. The number of nitrogens with two attached hydrogens (primary N) is 1. The Hall–Kier alpha value is -0.830. The number of aromatic amines is 1. The summed E-state index contributed by atoms with van der Waals surface area (Å²) >= 11 is 0. The van der Waals surface area contributed by atoms with Crippen LogP contribution in [0.3, 0.4) is 0 Å². The number of H-pyrrole nitrogens is 1. The lowest BCUT2D eigenvalue weighted by Gasteiger charge is -2.27. The minimum absolute atomic E-state index is 0.0802. The van der Waals surface area contributed by atoms with Gasteiger partial charge < -0.3 is 5.73 Å². The fourth-order valence-corrected chi connectivity index (χ4v) is 2.99. The summed E-state index contributed by atoms with van der Waals surface area (Å²) in [6, 6.07) is 0. The van der Waals surface area contributed by atoms with Crippen molar-refractivity contribution in [2.24, 2.45) is 5.73 Å². The van der Waals surface area contributed by atoms with E-state index in [4.69, 9.17) is 5.73 Å². The maximum Gasteiger partial charge on any atom is 0.0528 e. The van der Waals surface area contributed by atoms with Crippen molar-refractivity contribution in [3.63, 3.8) is 0 Å². The van der Waals surface area contributed by atoms with E-state index < -0.39 is 0 Å². The molecule has 88 valence electrons. The van der Waals surface area contributed by atoms with Crippen molar-refractivity contribution in [2.45, 2.75) is 62.8 Å². The summed E-state index contributed by atoms with van der Waals surface area (Å²) in [5.41, 5.74) is 9.58. The van der Waals surface area contributed by atoms with E-state index in [1.807, 2.05) is 6.20 Å². The molecule has 0 amide bonds. The van der Waals surface area contributed by atoms with Crippen molar-refractivity contribution < 1.29 is 0 Å². The SMILES string of the molecule is CC(C)(C)c1[nH]ncc1C1(C2(N)CC2)CC1. The highest BCUT2D eigenvalue weighted by atomic mass is 15.1. The molecule has 0 aromatic carbocycles. The minimum Gasteiger partial charge on any atom is -0.324 e. The topological polar surface area (TPSA) is 54.7 Å². The normalized spacial score (nSPS) is 25.5. The third-order valence-corrected chi connectivity index (χ3v) is 4.40. The lowest BCUT2D eigenvalue weighted by Crippen LogP contribution is -2.38. The molecular weight excluding hydrogens is 198 g/mol. The largest absolute Gasteiger partial charge is 0.324 e. The van der Waals surface area contributed by atoms with Gasteiger partial charge in [0.25, 0.3) is 0 Å². The summed E-state index contributed by atoms with van der Waals surface area (Å²) in [5.74, 6) is 0. The van der Waals surface area contributed by atoms with E-state index >= 15 is 0 Å². The number of hydrogen-bond donors (Lipinski definition) is 2. The average Bonchev–Trinajstić information content (AvgIpc) is 3.07. The fourth-order valence-electron chi connectivity index (χ4n) is 2.99. The summed E-state index contributed by atoms with van der Waals surface area (Å²) in [5, 5.41) is 7.44. The van der Waals surface area contributed by atoms with Gasteiger partial charge in [0.05, 0.1) is 6.20 Å². The Balaban J connectivity index is 2.05. The van der Waals surface area contributed by atoms with E-state index in [0.717, 1.165) is 0 Å². The van der Waals surface area contributed by atoms with Crippen LogP contribution in [0.4, 0.5) is 0 Å². The first-order valence-electron chi connectivity index (χ1n) is 6.22. The van der Waals surface area contributed by atoms with Gasteiger partial charge in [0.15, 0.2) is 0 Å². The molecular formula is C13H21N3. The van der Waals surface area contributed by atoms with Gasteiger partial charge in [-0.3, -0.25) is 5.10 Å². The molecule has 3 nitrogen and oxygen atoms in total. The Kier molecular flexibility index (Phi) is 1.74. The van der Waals surface area contributed by atoms with Gasteiger partial charge in [-0.1, -0.05) is 20.8 Å². The number of rotatable bonds is 2. The van der Waals surface area contributed by atoms with E-state index in [0.29, 0.717) is 0 Å². The van der Waals surface area contributed by atoms with Crippen LogP contribution >= 0.6 is 0 Å². The molecule has 2 fully saturated rings. The van der Waals surface area contributed by atoms with E-state index in [1.54, 1.807) is 0 Å². The Bertz CT molecular complexity index is 417. The van der Waals surface area contributed by atoms with Crippen molar-refractivity contribution in [2.75, 3.05) is 0 Å². The van der Waals surface area contributed by atoms with Gasteiger partial charge >= 0.3 is 0 Å². The summed E-state index contributed by atoms with van der Waals surface area (Å²) in [4.78, 5) is 0. The molecule has 0 bridgehead atoms. The molecule has 0 atom stereocenters. The predicted octanol–water partition coefficient (Wildman–Crippen LogP) is 2.23. The third kappa shape index (κ3) is 1.21. The van der Waals surface area contributed by atoms with Crippen LogP contribution < -0.4 is 5.73 Å². The molecule has 3 heteroatoms. The van der Waals surface area contributed by atoms with Crippen LogP contribution in [0.15, 0.2) is 6.20 Å². The molecule has 16 heavy (non-hydrogen) atoms. The second kappa shape index (κ2) is 2.70. The third-order valence-electron chi connectivity index (χ3n) is 4.40. The minimum atomic E-state index is 0.0802. The van der Waals surface area contributed by atoms with Crippen molar-refractivity contribution in [1.82, 2.24) is 10.2 Å². The highest BCUT2D eigenvalue weighted by molar-refractivity contribution is 5.43. The highest BCUT2D eigenvalue weighted by Crippen LogP contribution is 2.64. The van der Waals surface area contributed by atoms with Crippen LogP contribution in [0.2, 0.25) is 0 Å². The summed E-state index contributed by atoms with van der Waals surface area (Å²) in [7, 11) is 0. The fraction of sp³-hybridized carbons (Fsp3) is 0.769. The summed E-state index contributed by atoms with van der Waals surface area (Å²) in [6.07, 6.45) is 6.86. The maximum absolute atomic E-state index is 6.45. The molecule has 2 saturated carbocycles. The summed E-state index contributed by atoms with van der Waals surface area (Å²) < 4.78 is 0. The Morgan fingerprint density at radius 3 is 2.31 bits per heavy atom. The van der Waals surface area contributed by atoms with Gasteiger partial charge in [-0.05, 0) is 25.7 Å². The molecule has 2 aliphatic carbocycles. The van der Waals surface area contributed by atoms with Crippen molar-refractivity contribution in [3.8, 4) is 0 Å². The standard InChI is InChI=1S/C13H21N3/c1-11(2,3)10-9(8-15-16-10)12(4-5-12)13(14)6-7-13/h8H,4-7,14H2,1-3H3,(H,15,16). The van der Waals surface area contributed by atoms with Crippen LogP contribution in [0.1, 0.15) is 57.7 Å². The van der Waals surface area contributed by atoms with Crippen LogP contribution in [0.25, 0.3) is 0 Å². The monoisotopic (exact) mass is 219 g/mol. The van der Waals surface area contributed by atoms with Gasteiger partial charge in [-0.25, -0.2) is 0 Å². The lowest BCUT2D eigenvalue weighted by molar-refractivity contribution is 0.479. The van der Waals surface area contributed by atoms with E-state index in [9.17, 15) is 0 Å². The first kappa shape index (κ1) is 10.3. The lowest BCUT2D eigenvalue weighted by atomic mass is 9.80. The second-order valence-corrected chi connectivity index (χ2v) is 6.65. The van der Waals surface area contributed by atoms with Crippen molar-refractivity contribution in [1.29, 1.82) is 0 Å². The zero-order valence-electron chi connectivity index (χ0n) is 10.4. The van der Waals surface area contributed by atoms with Gasteiger partial charge in [-0.2, -0.15) is 5.10 Å². The molecule has 0 unspecified atom stereocenters. The van der Waals surface area contributed by atoms with Crippen LogP contribution in [0, 0.1) is 0 Å². The number of nitrogens with one attached hydrogen (secondary N) is 1.